The van der Waals surface area contributed by atoms with E-state index >= 15 is 0 Å². The second-order valence-corrected chi connectivity index (χ2v) is 16.8. The molecule has 0 bridgehead atoms. The van der Waals surface area contributed by atoms with Gasteiger partial charge in [-0.2, -0.15) is 0 Å². The van der Waals surface area contributed by atoms with E-state index in [-0.39, 0.29) is 45.5 Å². The van der Waals surface area contributed by atoms with Crippen molar-refractivity contribution in [1.82, 2.24) is 5.32 Å². The van der Waals surface area contributed by atoms with Crippen molar-refractivity contribution in [2.24, 2.45) is 62.6 Å². The van der Waals surface area contributed by atoms with Gasteiger partial charge in [-0.1, -0.05) is 60.6 Å². The number of carboxylic acids is 1. The first-order chi connectivity index (χ1) is 18.5. The van der Waals surface area contributed by atoms with Crippen LogP contribution in [0.5, 0.6) is 0 Å². The maximum atomic E-state index is 14.2. The van der Waals surface area contributed by atoms with Crippen LogP contribution in [0.15, 0.2) is 12.2 Å². The maximum Gasteiger partial charge on any atom is 0.326 e. The van der Waals surface area contributed by atoms with Gasteiger partial charge in [-0.05, 0) is 128 Å². The van der Waals surface area contributed by atoms with Crippen molar-refractivity contribution in [3.8, 4) is 0 Å². The number of allylic oxidation sites excluding steroid dienone is 1. The molecule has 0 radical (unpaired) electrons. The number of amides is 1. The molecule has 5 heteroatoms. The molecule has 0 aromatic carbocycles. The Morgan fingerprint density at radius 1 is 0.850 bits per heavy atom. The summed E-state index contributed by atoms with van der Waals surface area (Å²) in [4.78, 5) is 26.3. The van der Waals surface area contributed by atoms with Crippen LogP contribution in [-0.2, 0) is 9.59 Å². The SMILES string of the molecule is C=C(C)[C@@H]1CC[C@]2(C(=O)N[C@H](C(=O)O)C(C)C)CC[C@]3(C)[C@H](CC[C@@H]4[C@@]5(C)CC[C@H](O)C(C)(C)[C@@H]5CC[C@]43C)[C@@H]12. The predicted molar refractivity (Wildman–Crippen MR) is 159 cm³/mol. The zero-order valence-corrected chi connectivity index (χ0v) is 26.6. The summed E-state index contributed by atoms with van der Waals surface area (Å²) in [5.74, 6) is 1.01. The zero-order chi connectivity index (χ0) is 29.6. The van der Waals surface area contributed by atoms with E-state index < -0.39 is 17.4 Å². The van der Waals surface area contributed by atoms with E-state index in [0.29, 0.717) is 23.7 Å². The van der Waals surface area contributed by atoms with Gasteiger partial charge >= 0.3 is 5.97 Å². The fourth-order valence-electron chi connectivity index (χ4n) is 12.3. The monoisotopic (exact) mass is 555 g/mol. The lowest BCUT2D eigenvalue weighted by atomic mass is 9.32. The number of hydrogen-bond donors (Lipinski definition) is 3. The molecule has 0 aromatic rings. The van der Waals surface area contributed by atoms with Crippen molar-refractivity contribution < 1.29 is 19.8 Å². The standard InChI is InChI=1S/C35H57NO4/c1-20(2)22-12-17-35(30(40)36-28(21(3)4)29(38)39)19-18-33(8)23(27(22)35)10-11-25-32(7)15-14-26(37)31(5,6)24(32)13-16-34(25,33)9/h21-28,37H,1,10-19H2,2-9H3,(H,36,40)(H,38,39)/t22-,23+,24-,25+,26-,27+,28-,32-,33+,34+,35-/m0/s1. The van der Waals surface area contributed by atoms with Crippen molar-refractivity contribution >= 4 is 11.9 Å². The summed E-state index contributed by atoms with van der Waals surface area (Å²) in [5, 5.41) is 23.9. The van der Waals surface area contributed by atoms with E-state index in [1.807, 2.05) is 13.8 Å². The molecular weight excluding hydrogens is 498 g/mol. The fraction of sp³-hybridized carbons (Fsp3) is 0.886. The van der Waals surface area contributed by atoms with E-state index in [2.05, 4.69) is 53.4 Å². The molecule has 5 rings (SSSR count). The molecule has 0 spiro atoms. The molecule has 5 saturated carbocycles. The number of fused-ring (bicyclic) bond motifs is 7. The molecule has 226 valence electrons. The molecule has 5 aliphatic carbocycles. The lowest BCUT2D eigenvalue weighted by Crippen LogP contribution is -2.67. The van der Waals surface area contributed by atoms with Gasteiger partial charge in [0.15, 0.2) is 0 Å². The predicted octanol–water partition coefficient (Wildman–Crippen LogP) is 7.23. The first kappa shape index (κ1) is 30.1. The third-order valence-corrected chi connectivity index (χ3v) is 14.7. The average molecular weight is 556 g/mol. The number of carboxylic acid groups (broad SMARTS) is 1. The molecule has 0 aliphatic heterocycles. The molecule has 5 fully saturated rings. The lowest BCUT2D eigenvalue weighted by molar-refractivity contribution is -0.246. The molecule has 0 unspecified atom stereocenters. The topological polar surface area (TPSA) is 86.6 Å². The summed E-state index contributed by atoms with van der Waals surface area (Å²) in [7, 11) is 0. The second kappa shape index (κ2) is 9.58. The van der Waals surface area contributed by atoms with Crippen LogP contribution in [-0.4, -0.2) is 34.2 Å². The van der Waals surface area contributed by atoms with Gasteiger partial charge in [0.2, 0.25) is 5.91 Å². The van der Waals surface area contributed by atoms with Crippen molar-refractivity contribution in [3.05, 3.63) is 12.2 Å². The van der Waals surface area contributed by atoms with Gasteiger partial charge < -0.3 is 15.5 Å². The van der Waals surface area contributed by atoms with Crippen molar-refractivity contribution in [2.75, 3.05) is 0 Å². The number of aliphatic hydroxyl groups is 1. The Morgan fingerprint density at radius 2 is 1.52 bits per heavy atom. The Labute approximate surface area is 243 Å². The van der Waals surface area contributed by atoms with E-state index in [1.165, 1.54) is 24.8 Å². The summed E-state index contributed by atoms with van der Waals surface area (Å²) < 4.78 is 0. The minimum atomic E-state index is -0.940. The molecule has 3 N–H and O–H groups in total. The molecule has 0 aromatic heterocycles. The number of hydrogen-bond acceptors (Lipinski definition) is 3. The lowest BCUT2D eigenvalue weighted by Gasteiger charge is -2.72. The molecule has 11 atom stereocenters. The number of carbonyl (C=O) groups excluding carboxylic acids is 1. The van der Waals surface area contributed by atoms with Gasteiger partial charge in [-0.25, -0.2) is 4.79 Å². The number of aliphatic hydroxyl groups excluding tert-OH is 1. The Kier molecular flexibility index (Phi) is 7.21. The largest absolute Gasteiger partial charge is 0.480 e. The Balaban J connectivity index is 1.53. The Bertz CT molecular complexity index is 1070. The van der Waals surface area contributed by atoms with Crippen LogP contribution in [0.4, 0.5) is 0 Å². The van der Waals surface area contributed by atoms with Crippen LogP contribution in [0, 0.1) is 62.6 Å². The van der Waals surface area contributed by atoms with Crippen LogP contribution in [0.1, 0.15) is 120 Å². The third kappa shape index (κ3) is 3.87. The minimum Gasteiger partial charge on any atom is -0.480 e. The van der Waals surface area contributed by atoms with Gasteiger partial charge in [-0.15, -0.1) is 0 Å². The van der Waals surface area contributed by atoms with Crippen molar-refractivity contribution in [3.63, 3.8) is 0 Å². The van der Waals surface area contributed by atoms with Gasteiger partial charge in [0.25, 0.3) is 0 Å². The summed E-state index contributed by atoms with van der Waals surface area (Å²) in [6.07, 6.45) is 10.2. The van der Waals surface area contributed by atoms with Crippen LogP contribution in [0.3, 0.4) is 0 Å². The van der Waals surface area contributed by atoms with Crippen LogP contribution < -0.4 is 5.32 Å². The van der Waals surface area contributed by atoms with Gasteiger partial charge in [0.05, 0.1) is 11.5 Å². The molecule has 0 heterocycles. The number of aliphatic carboxylic acids is 1. The van der Waals surface area contributed by atoms with Crippen LogP contribution in [0.25, 0.3) is 0 Å². The molecule has 5 nitrogen and oxygen atoms in total. The van der Waals surface area contributed by atoms with Gasteiger partial charge in [0, 0.05) is 0 Å². The quantitative estimate of drug-likeness (QED) is 0.312. The van der Waals surface area contributed by atoms with E-state index in [0.717, 1.165) is 44.9 Å². The highest BCUT2D eigenvalue weighted by Crippen LogP contribution is 2.77. The van der Waals surface area contributed by atoms with E-state index in [1.54, 1.807) is 0 Å². The maximum absolute atomic E-state index is 14.2. The summed E-state index contributed by atoms with van der Waals surface area (Å²) in [5.41, 5.74) is 1.17. The first-order valence-corrected chi connectivity index (χ1v) is 16.3. The summed E-state index contributed by atoms with van der Waals surface area (Å²) >= 11 is 0. The van der Waals surface area contributed by atoms with Gasteiger partial charge in [-0.3, -0.25) is 4.79 Å². The van der Waals surface area contributed by atoms with E-state index in [4.69, 9.17) is 0 Å². The molecular formula is C35H57NO4. The van der Waals surface area contributed by atoms with Gasteiger partial charge in [0.1, 0.15) is 6.04 Å². The molecule has 40 heavy (non-hydrogen) atoms. The van der Waals surface area contributed by atoms with Crippen molar-refractivity contribution in [1.29, 1.82) is 0 Å². The normalized spacial score (nSPS) is 48.2. The average Bonchev–Trinajstić information content (AvgIpc) is 3.26. The molecule has 0 saturated heterocycles. The highest BCUT2D eigenvalue weighted by atomic mass is 16.4. The summed E-state index contributed by atoms with van der Waals surface area (Å²) in [6, 6.07) is -0.854. The zero-order valence-electron chi connectivity index (χ0n) is 26.6. The number of carbonyl (C=O) groups is 2. The van der Waals surface area contributed by atoms with Crippen LogP contribution in [0.2, 0.25) is 0 Å². The fourth-order valence-corrected chi connectivity index (χ4v) is 12.3. The highest BCUT2D eigenvalue weighted by Gasteiger charge is 2.72. The third-order valence-electron chi connectivity index (χ3n) is 14.7. The molecule has 5 aliphatic rings. The number of rotatable bonds is 5. The van der Waals surface area contributed by atoms with E-state index in [9.17, 15) is 19.8 Å². The number of nitrogens with one attached hydrogen (secondary N) is 1. The van der Waals surface area contributed by atoms with Crippen LogP contribution >= 0.6 is 0 Å². The Morgan fingerprint density at radius 3 is 2.12 bits per heavy atom. The molecule has 1 amide bonds. The van der Waals surface area contributed by atoms with Crippen molar-refractivity contribution in [2.45, 2.75) is 132 Å². The minimum absolute atomic E-state index is 0.0182. The second-order valence-electron chi connectivity index (χ2n) is 16.8. The smallest absolute Gasteiger partial charge is 0.326 e. The first-order valence-electron chi connectivity index (χ1n) is 16.3. The summed E-state index contributed by atoms with van der Waals surface area (Å²) in [6.45, 7) is 22.7. The Hall–Kier alpha value is -1.36. The highest BCUT2D eigenvalue weighted by molar-refractivity contribution is 5.88.